The number of ether oxygens (including phenoxy) is 1. The van der Waals surface area contributed by atoms with E-state index >= 15 is 0 Å². The average molecular weight is 445 g/mol. The molecule has 0 saturated carbocycles. The van der Waals surface area contributed by atoms with Crippen molar-refractivity contribution >= 4 is 45.1 Å². The smallest absolute Gasteiger partial charge is 0.338 e. The molecule has 0 spiro atoms. The Kier molecular flexibility index (Phi) is 7.42. The summed E-state index contributed by atoms with van der Waals surface area (Å²) < 4.78 is 30.7. The molecule has 150 valence electrons. The third-order valence-corrected chi connectivity index (χ3v) is 5.96. The fraction of sp³-hybridized carbons (Fsp3) is 0.222. The Hall–Kier alpha value is -2.13. The van der Waals surface area contributed by atoms with E-state index in [0.717, 1.165) is 5.56 Å². The summed E-state index contributed by atoms with van der Waals surface area (Å²) in [6.45, 7) is 1.22. The van der Waals surface area contributed by atoms with Crippen molar-refractivity contribution in [1.29, 1.82) is 0 Å². The van der Waals surface area contributed by atoms with Gasteiger partial charge in [0.1, 0.15) is 0 Å². The largest absolute Gasteiger partial charge is 0.452 e. The predicted octanol–water partition coefficient (Wildman–Crippen LogP) is 2.94. The van der Waals surface area contributed by atoms with Gasteiger partial charge in [0.2, 0.25) is 10.0 Å². The summed E-state index contributed by atoms with van der Waals surface area (Å²) in [6, 6.07) is 9.91. The van der Waals surface area contributed by atoms with Crippen molar-refractivity contribution in [2.45, 2.75) is 17.9 Å². The number of esters is 1. The average Bonchev–Trinajstić information content (AvgIpc) is 2.68. The molecule has 0 aromatic heterocycles. The van der Waals surface area contributed by atoms with Crippen LogP contribution in [-0.4, -0.2) is 33.9 Å². The lowest BCUT2D eigenvalue weighted by Gasteiger charge is -2.15. The summed E-state index contributed by atoms with van der Waals surface area (Å²) in [5.74, 6) is -1.34. The maximum Gasteiger partial charge on any atom is 0.338 e. The van der Waals surface area contributed by atoms with Gasteiger partial charge in [-0.15, -0.1) is 0 Å². The maximum absolute atomic E-state index is 12.1. The third-order valence-electron chi connectivity index (χ3n) is 3.80. The fourth-order valence-electron chi connectivity index (χ4n) is 2.27. The second kappa shape index (κ2) is 9.38. The number of nitrogens with one attached hydrogen (secondary N) is 2. The summed E-state index contributed by atoms with van der Waals surface area (Å²) in [4.78, 5) is 24.1. The second-order valence-electron chi connectivity index (χ2n) is 5.77. The number of carbonyl (C=O) groups excluding carboxylic acids is 2. The highest BCUT2D eigenvalue weighted by Crippen LogP contribution is 2.25. The van der Waals surface area contributed by atoms with Crippen LogP contribution in [0.1, 0.15) is 28.9 Å². The minimum atomic E-state index is -3.70. The van der Waals surface area contributed by atoms with E-state index in [-0.39, 0.29) is 16.5 Å². The van der Waals surface area contributed by atoms with E-state index in [1.54, 1.807) is 25.1 Å². The lowest BCUT2D eigenvalue weighted by Crippen LogP contribution is -2.31. The number of carbonyl (C=O) groups is 2. The molecule has 0 bridgehead atoms. The minimum Gasteiger partial charge on any atom is -0.452 e. The Balaban J connectivity index is 1.96. The molecule has 1 atom stereocenters. The number of hydrogen-bond donors (Lipinski definition) is 2. The number of benzene rings is 2. The van der Waals surface area contributed by atoms with E-state index < -0.39 is 28.5 Å². The van der Waals surface area contributed by atoms with Crippen molar-refractivity contribution in [3.05, 3.63) is 63.6 Å². The monoisotopic (exact) mass is 444 g/mol. The lowest BCUT2D eigenvalue weighted by atomic mass is 10.1. The van der Waals surface area contributed by atoms with Crippen LogP contribution in [0.5, 0.6) is 0 Å². The first-order chi connectivity index (χ1) is 13.1. The Labute approximate surface area is 173 Å². The molecule has 1 unspecified atom stereocenters. The number of amides is 1. The van der Waals surface area contributed by atoms with Crippen LogP contribution in [-0.2, 0) is 19.6 Å². The molecule has 0 fully saturated rings. The molecule has 0 saturated heterocycles. The van der Waals surface area contributed by atoms with Gasteiger partial charge in [-0.2, -0.15) is 0 Å². The van der Waals surface area contributed by atoms with Gasteiger partial charge >= 0.3 is 5.97 Å². The zero-order chi connectivity index (χ0) is 20.9. The minimum absolute atomic E-state index is 0.0154. The molecule has 1 amide bonds. The van der Waals surface area contributed by atoms with Crippen molar-refractivity contribution in [3.8, 4) is 0 Å². The van der Waals surface area contributed by atoms with Gasteiger partial charge in [-0.05, 0) is 49.9 Å². The van der Waals surface area contributed by atoms with Crippen LogP contribution in [0.4, 0.5) is 0 Å². The van der Waals surface area contributed by atoms with Gasteiger partial charge in [0.05, 0.1) is 26.5 Å². The Bertz CT molecular complexity index is 995. The van der Waals surface area contributed by atoms with Crippen LogP contribution in [0.15, 0.2) is 47.4 Å². The zero-order valence-corrected chi connectivity index (χ0v) is 17.4. The molecule has 0 radical (unpaired) electrons. The molecule has 2 aromatic rings. The molecule has 0 aliphatic rings. The number of halogens is 2. The highest BCUT2D eigenvalue weighted by atomic mass is 35.5. The number of sulfonamides is 1. The normalized spacial score (nSPS) is 12.3. The molecule has 2 N–H and O–H groups in total. The van der Waals surface area contributed by atoms with E-state index in [1.807, 2.05) is 0 Å². The Morgan fingerprint density at radius 3 is 2.46 bits per heavy atom. The van der Waals surface area contributed by atoms with Gasteiger partial charge in [0.15, 0.2) is 6.61 Å². The van der Waals surface area contributed by atoms with E-state index in [2.05, 4.69) is 10.0 Å². The predicted molar refractivity (Wildman–Crippen MR) is 106 cm³/mol. The highest BCUT2D eigenvalue weighted by Gasteiger charge is 2.17. The van der Waals surface area contributed by atoms with E-state index in [1.165, 1.54) is 31.3 Å². The topological polar surface area (TPSA) is 102 Å². The van der Waals surface area contributed by atoms with Crippen LogP contribution in [0.2, 0.25) is 10.0 Å². The van der Waals surface area contributed by atoms with E-state index in [4.69, 9.17) is 27.9 Å². The fourth-order valence-corrected chi connectivity index (χ4v) is 3.35. The van der Waals surface area contributed by atoms with Crippen LogP contribution >= 0.6 is 23.2 Å². The standard InChI is InChI=1S/C18H18Cl2N2O5S/c1-11(12-6-7-15(19)16(20)9-12)22-17(23)10-27-18(24)13-4-3-5-14(8-13)28(25,26)21-2/h3-9,11,21H,10H2,1-2H3,(H,22,23). The van der Waals surface area contributed by atoms with Gasteiger partial charge in [-0.1, -0.05) is 35.3 Å². The van der Waals surface area contributed by atoms with E-state index in [9.17, 15) is 18.0 Å². The summed E-state index contributed by atoms with van der Waals surface area (Å²) in [7, 11) is -2.43. The van der Waals surface area contributed by atoms with Gasteiger partial charge in [0, 0.05) is 0 Å². The van der Waals surface area contributed by atoms with Gasteiger partial charge in [-0.3, -0.25) is 4.79 Å². The van der Waals surface area contributed by atoms with Crippen molar-refractivity contribution in [2.24, 2.45) is 0 Å². The number of hydrogen-bond acceptors (Lipinski definition) is 5. The summed E-state index contributed by atoms with van der Waals surface area (Å²) in [5, 5.41) is 3.44. The van der Waals surface area contributed by atoms with Crippen LogP contribution in [0.3, 0.4) is 0 Å². The molecule has 2 rings (SSSR count). The zero-order valence-electron chi connectivity index (χ0n) is 15.0. The van der Waals surface area contributed by atoms with E-state index in [0.29, 0.717) is 10.0 Å². The van der Waals surface area contributed by atoms with Gasteiger partial charge < -0.3 is 10.1 Å². The molecular formula is C18H18Cl2N2O5S. The first-order valence-electron chi connectivity index (χ1n) is 8.09. The van der Waals surface area contributed by atoms with Crippen LogP contribution < -0.4 is 10.0 Å². The summed E-state index contributed by atoms with van der Waals surface area (Å²) in [6.07, 6.45) is 0. The first-order valence-corrected chi connectivity index (χ1v) is 10.3. The van der Waals surface area contributed by atoms with Gasteiger partial charge in [-0.25, -0.2) is 17.9 Å². The first kappa shape index (κ1) is 22.2. The molecular weight excluding hydrogens is 427 g/mol. The van der Waals surface area contributed by atoms with Gasteiger partial charge in [0.25, 0.3) is 5.91 Å². The molecule has 10 heteroatoms. The van der Waals surface area contributed by atoms with Crippen molar-refractivity contribution in [3.63, 3.8) is 0 Å². The summed E-state index contributed by atoms with van der Waals surface area (Å²) in [5.41, 5.74) is 0.751. The Morgan fingerprint density at radius 2 is 1.82 bits per heavy atom. The third kappa shape index (κ3) is 5.68. The van der Waals surface area contributed by atoms with Crippen LogP contribution in [0, 0.1) is 0 Å². The molecule has 28 heavy (non-hydrogen) atoms. The molecule has 0 aliphatic heterocycles. The maximum atomic E-state index is 12.1. The lowest BCUT2D eigenvalue weighted by molar-refractivity contribution is -0.124. The second-order valence-corrected chi connectivity index (χ2v) is 8.48. The molecule has 0 heterocycles. The van der Waals surface area contributed by atoms with Crippen molar-refractivity contribution in [2.75, 3.05) is 13.7 Å². The molecule has 7 nitrogen and oxygen atoms in total. The summed E-state index contributed by atoms with van der Waals surface area (Å²) >= 11 is 11.8. The quantitative estimate of drug-likeness (QED) is 0.639. The Morgan fingerprint density at radius 1 is 1.11 bits per heavy atom. The van der Waals surface area contributed by atoms with Crippen LogP contribution in [0.25, 0.3) is 0 Å². The highest BCUT2D eigenvalue weighted by molar-refractivity contribution is 7.89. The SMILES string of the molecule is CNS(=O)(=O)c1cccc(C(=O)OCC(=O)NC(C)c2ccc(Cl)c(Cl)c2)c1. The number of rotatable bonds is 7. The molecule has 0 aliphatic carbocycles. The van der Waals surface area contributed by atoms with Crippen molar-refractivity contribution < 1.29 is 22.7 Å². The van der Waals surface area contributed by atoms with Crippen molar-refractivity contribution in [1.82, 2.24) is 10.0 Å². The molecule has 2 aromatic carbocycles.